The third-order valence-electron chi connectivity index (χ3n) is 2.29. The molecular weight excluding hydrogens is 232 g/mol. The molecule has 0 fully saturated rings. The van der Waals surface area contributed by atoms with Gasteiger partial charge in [-0.2, -0.15) is 0 Å². The second kappa shape index (κ2) is 6.44. The summed E-state index contributed by atoms with van der Waals surface area (Å²) in [4.78, 5) is 23.8. The van der Waals surface area contributed by atoms with Crippen molar-refractivity contribution in [3.63, 3.8) is 0 Å². The minimum Gasteiger partial charge on any atom is -0.478 e. The van der Waals surface area contributed by atoms with Crippen LogP contribution in [0.5, 0.6) is 0 Å². The highest BCUT2D eigenvalue weighted by Crippen LogP contribution is 2.11. The van der Waals surface area contributed by atoms with Crippen molar-refractivity contribution in [2.75, 3.05) is 25.5 Å². The summed E-state index contributed by atoms with van der Waals surface area (Å²) in [5.41, 5.74) is 1.56. The van der Waals surface area contributed by atoms with Gasteiger partial charge in [0.05, 0.1) is 0 Å². The first-order chi connectivity index (χ1) is 8.50. The first kappa shape index (κ1) is 13.8. The summed E-state index contributed by atoms with van der Waals surface area (Å²) in [5, 5.41) is 11.0. The number of benzene rings is 1. The summed E-state index contributed by atoms with van der Waals surface area (Å²) in [6.45, 7) is 0.195. The number of hydrogen-bond donors (Lipinski definition) is 2. The second-order valence-electron chi connectivity index (χ2n) is 3.89. The lowest BCUT2D eigenvalue weighted by atomic mass is 10.2. The monoisotopic (exact) mass is 248 g/mol. The maximum Gasteiger partial charge on any atom is 0.328 e. The zero-order valence-corrected chi connectivity index (χ0v) is 10.4. The molecule has 0 spiro atoms. The summed E-state index contributed by atoms with van der Waals surface area (Å²) in [5.74, 6) is -1.25. The molecule has 0 atom stereocenters. The highest BCUT2D eigenvalue weighted by atomic mass is 16.4. The summed E-state index contributed by atoms with van der Waals surface area (Å²) in [6, 6.07) is 7.15. The van der Waals surface area contributed by atoms with Gasteiger partial charge in [0.15, 0.2) is 0 Å². The van der Waals surface area contributed by atoms with Crippen LogP contribution in [0.1, 0.15) is 10.4 Å². The lowest BCUT2D eigenvalue weighted by molar-refractivity contribution is -0.131. The summed E-state index contributed by atoms with van der Waals surface area (Å²) in [6.07, 6.45) is 2.38. The predicted molar refractivity (Wildman–Crippen MR) is 69.9 cm³/mol. The Morgan fingerprint density at radius 2 is 1.89 bits per heavy atom. The molecule has 96 valence electrons. The molecule has 0 aliphatic heterocycles. The van der Waals surface area contributed by atoms with E-state index in [4.69, 9.17) is 5.11 Å². The molecule has 1 aromatic rings. The van der Waals surface area contributed by atoms with Crippen molar-refractivity contribution in [3.8, 4) is 0 Å². The number of aliphatic carboxylic acids is 1. The molecule has 0 saturated carbocycles. The molecule has 0 radical (unpaired) electrons. The van der Waals surface area contributed by atoms with Crippen LogP contribution < -0.4 is 10.2 Å². The summed E-state index contributed by atoms with van der Waals surface area (Å²) < 4.78 is 0. The van der Waals surface area contributed by atoms with Crippen LogP contribution in [0.15, 0.2) is 36.4 Å². The van der Waals surface area contributed by atoms with Gasteiger partial charge in [-0.1, -0.05) is 6.08 Å². The number of hydrogen-bond acceptors (Lipinski definition) is 3. The van der Waals surface area contributed by atoms with Crippen molar-refractivity contribution < 1.29 is 14.7 Å². The lowest BCUT2D eigenvalue weighted by Gasteiger charge is -2.12. The zero-order chi connectivity index (χ0) is 13.5. The Balaban J connectivity index is 2.54. The SMILES string of the molecule is CN(C)c1ccc(C(=O)NC/C=C/C(=O)O)cc1. The summed E-state index contributed by atoms with van der Waals surface area (Å²) in [7, 11) is 3.84. The fraction of sp³-hybridized carbons (Fsp3) is 0.231. The first-order valence-electron chi connectivity index (χ1n) is 5.46. The lowest BCUT2D eigenvalue weighted by Crippen LogP contribution is -2.23. The third kappa shape index (κ3) is 4.29. The van der Waals surface area contributed by atoms with Gasteiger partial charge in [0, 0.05) is 38.0 Å². The van der Waals surface area contributed by atoms with Gasteiger partial charge < -0.3 is 15.3 Å². The molecule has 1 aromatic carbocycles. The smallest absolute Gasteiger partial charge is 0.328 e. The van der Waals surface area contributed by atoms with Crippen molar-refractivity contribution in [1.29, 1.82) is 0 Å². The van der Waals surface area contributed by atoms with E-state index in [0.717, 1.165) is 11.8 Å². The average molecular weight is 248 g/mol. The zero-order valence-electron chi connectivity index (χ0n) is 10.4. The molecule has 0 aliphatic rings. The molecule has 0 saturated heterocycles. The number of anilines is 1. The Hall–Kier alpha value is -2.30. The van der Waals surface area contributed by atoms with Crippen LogP contribution in [0.4, 0.5) is 5.69 Å². The summed E-state index contributed by atoms with van der Waals surface area (Å²) >= 11 is 0. The van der Waals surface area contributed by atoms with Crippen molar-refractivity contribution in [1.82, 2.24) is 5.32 Å². The Morgan fingerprint density at radius 3 is 2.39 bits per heavy atom. The number of carbonyl (C=O) groups excluding carboxylic acids is 1. The van der Waals surface area contributed by atoms with E-state index < -0.39 is 5.97 Å². The number of carbonyl (C=O) groups is 2. The van der Waals surface area contributed by atoms with Crippen molar-refractivity contribution in [2.24, 2.45) is 0 Å². The molecule has 0 bridgehead atoms. The number of nitrogens with one attached hydrogen (secondary N) is 1. The molecule has 1 amide bonds. The number of carboxylic acids is 1. The van der Waals surface area contributed by atoms with E-state index in [1.807, 2.05) is 31.1 Å². The van der Waals surface area contributed by atoms with Crippen LogP contribution in [-0.2, 0) is 4.79 Å². The number of carboxylic acid groups (broad SMARTS) is 1. The average Bonchev–Trinajstić information content (AvgIpc) is 2.34. The maximum absolute atomic E-state index is 11.7. The highest BCUT2D eigenvalue weighted by molar-refractivity contribution is 5.94. The predicted octanol–water partition coefficient (Wildman–Crippen LogP) is 1.12. The number of nitrogens with zero attached hydrogens (tertiary/aromatic N) is 1. The van der Waals surface area contributed by atoms with Crippen LogP contribution in [0.3, 0.4) is 0 Å². The third-order valence-corrected chi connectivity index (χ3v) is 2.29. The van der Waals surface area contributed by atoms with Gasteiger partial charge in [0.25, 0.3) is 5.91 Å². The van der Waals surface area contributed by atoms with Gasteiger partial charge in [-0.15, -0.1) is 0 Å². The van der Waals surface area contributed by atoms with Gasteiger partial charge in [-0.25, -0.2) is 4.79 Å². The topological polar surface area (TPSA) is 69.6 Å². The molecular formula is C13H16N2O3. The normalized spacial score (nSPS) is 10.3. The first-order valence-corrected chi connectivity index (χ1v) is 5.46. The molecule has 1 rings (SSSR count). The van der Waals surface area contributed by atoms with Gasteiger partial charge in [0.1, 0.15) is 0 Å². The fourth-order valence-corrected chi connectivity index (χ4v) is 1.32. The Bertz CT molecular complexity index is 450. The van der Waals surface area contributed by atoms with E-state index in [1.54, 1.807) is 12.1 Å². The molecule has 0 aromatic heterocycles. The van der Waals surface area contributed by atoms with Crippen LogP contribution in [0, 0.1) is 0 Å². The molecule has 0 heterocycles. The van der Waals surface area contributed by atoms with E-state index in [0.29, 0.717) is 5.56 Å². The van der Waals surface area contributed by atoms with Crippen molar-refractivity contribution in [2.45, 2.75) is 0 Å². The molecule has 5 nitrogen and oxygen atoms in total. The van der Waals surface area contributed by atoms with E-state index in [1.165, 1.54) is 6.08 Å². The quantitative estimate of drug-likeness (QED) is 0.766. The molecule has 5 heteroatoms. The molecule has 2 N–H and O–H groups in total. The van der Waals surface area contributed by atoms with E-state index in [9.17, 15) is 9.59 Å². The number of amides is 1. The van der Waals surface area contributed by atoms with Gasteiger partial charge in [-0.05, 0) is 24.3 Å². The fourth-order valence-electron chi connectivity index (χ4n) is 1.32. The highest BCUT2D eigenvalue weighted by Gasteiger charge is 2.04. The van der Waals surface area contributed by atoms with Gasteiger partial charge >= 0.3 is 5.97 Å². The minimum atomic E-state index is -1.03. The Kier molecular flexibility index (Phi) is 4.92. The maximum atomic E-state index is 11.7. The Morgan fingerprint density at radius 1 is 1.28 bits per heavy atom. The molecule has 0 unspecified atom stereocenters. The van der Waals surface area contributed by atoms with Gasteiger partial charge in [0.2, 0.25) is 0 Å². The van der Waals surface area contributed by atoms with Crippen LogP contribution in [0.2, 0.25) is 0 Å². The standard InChI is InChI=1S/C13H16N2O3/c1-15(2)11-7-5-10(6-8-11)13(18)14-9-3-4-12(16)17/h3-8H,9H2,1-2H3,(H,14,18)(H,16,17)/b4-3+. The van der Waals surface area contributed by atoms with E-state index in [2.05, 4.69) is 5.32 Å². The van der Waals surface area contributed by atoms with E-state index in [-0.39, 0.29) is 12.5 Å². The van der Waals surface area contributed by atoms with Crippen molar-refractivity contribution >= 4 is 17.6 Å². The Labute approximate surface area is 106 Å². The minimum absolute atomic E-state index is 0.195. The number of rotatable bonds is 5. The van der Waals surface area contributed by atoms with Crippen molar-refractivity contribution in [3.05, 3.63) is 42.0 Å². The second-order valence-corrected chi connectivity index (χ2v) is 3.89. The van der Waals surface area contributed by atoms with Crippen LogP contribution >= 0.6 is 0 Å². The van der Waals surface area contributed by atoms with Crippen LogP contribution in [-0.4, -0.2) is 37.6 Å². The largest absolute Gasteiger partial charge is 0.478 e. The van der Waals surface area contributed by atoms with Gasteiger partial charge in [-0.3, -0.25) is 4.79 Å². The molecule has 18 heavy (non-hydrogen) atoms. The van der Waals surface area contributed by atoms with E-state index >= 15 is 0 Å². The van der Waals surface area contributed by atoms with Crippen LogP contribution in [0.25, 0.3) is 0 Å². The molecule has 0 aliphatic carbocycles.